The first-order valence-electron chi connectivity index (χ1n) is 18.4. The van der Waals surface area contributed by atoms with Crippen molar-refractivity contribution in [2.45, 2.75) is 71.9 Å². The zero-order chi connectivity index (χ0) is 33.0. The Hall–Kier alpha value is -3.16. The molecule has 0 heterocycles. The number of hydrogen-bond donors (Lipinski definition) is 0. The Bertz CT molecular complexity index is 1540. The average molecular weight is 637 g/mol. The van der Waals surface area contributed by atoms with Gasteiger partial charge >= 0.3 is 0 Å². The molecule has 2 saturated carbocycles. The zero-order valence-electron chi connectivity index (χ0n) is 29.6. The Morgan fingerprint density at radius 3 is 1.60 bits per heavy atom. The second-order valence-corrected chi connectivity index (χ2v) is 21.6. The Morgan fingerprint density at radius 1 is 0.638 bits per heavy atom. The summed E-state index contributed by atoms with van der Waals surface area (Å²) in [5.74, 6) is 3.93. The van der Waals surface area contributed by atoms with Crippen LogP contribution in [0.1, 0.15) is 60.8 Å². The van der Waals surface area contributed by atoms with E-state index < -0.39 is 8.07 Å². The van der Waals surface area contributed by atoms with Crippen LogP contribution in [0.15, 0.2) is 145 Å². The van der Waals surface area contributed by atoms with E-state index in [2.05, 4.69) is 176 Å². The zero-order valence-corrected chi connectivity index (χ0v) is 30.6. The summed E-state index contributed by atoms with van der Waals surface area (Å²) < 4.78 is 0. The van der Waals surface area contributed by atoms with Crippen LogP contribution in [0.2, 0.25) is 11.1 Å². The third-order valence-electron chi connectivity index (χ3n) is 12.8. The highest BCUT2D eigenvalue weighted by Gasteiger charge is 2.64. The maximum atomic E-state index is 4.15. The molecule has 0 nitrogen and oxygen atoms in total. The van der Waals surface area contributed by atoms with Crippen molar-refractivity contribution in [2.24, 2.45) is 52.3 Å². The Balaban J connectivity index is 1.54. The number of hydrogen-bond acceptors (Lipinski definition) is 0. The second-order valence-electron chi connectivity index (χ2n) is 17.3. The lowest BCUT2D eigenvalue weighted by molar-refractivity contribution is 0.396. The topological polar surface area (TPSA) is 0 Å². The molecule has 2 aromatic rings. The molecule has 0 aliphatic heterocycles. The van der Waals surface area contributed by atoms with Crippen molar-refractivity contribution >= 4 is 18.4 Å². The first-order valence-corrected chi connectivity index (χ1v) is 20.6. The highest BCUT2D eigenvalue weighted by atomic mass is 28.3. The molecule has 8 atom stereocenters. The number of allylic oxidation sites excluding steroid dienone is 13. The van der Waals surface area contributed by atoms with Gasteiger partial charge in [0, 0.05) is 0 Å². The summed E-state index contributed by atoms with van der Waals surface area (Å²) in [7, 11) is -2.53. The minimum Gasteiger partial charge on any atom is -0.103 e. The average Bonchev–Trinajstić information content (AvgIpc) is 3.60. The summed E-state index contributed by atoms with van der Waals surface area (Å²) in [6.45, 7) is 18.6. The molecule has 1 heteroatoms. The molecular weight excluding hydrogens is 581 g/mol. The fourth-order valence-corrected chi connectivity index (χ4v) is 18.1. The van der Waals surface area contributed by atoms with Gasteiger partial charge in [-0.1, -0.05) is 179 Å². The molecule has 0 aromatic heterocycles. The molecule has 2 aromatic carbocycles. The van der Waals surface area contributed by atoms with Crippen molar-refractivity contribution in [3.63, 3.8) is 0 Å². The SMILES string of the molecule is C=CCCC1CC([Si](c2ccccc2)(c2ccccc2)C2C3C=C(C(C)(C)C)C=CC3C3C=CC(C(C)(C)C)=CC32)C2C=CC=CC12. The van der Waals surface area contributed by atoms with E-state index in [1.165, 1.54) is 24.0 Å². The quantitative estimate of drug-likeness (QED) is 0.210. The molecule has 0 saturated heterocycles. The van der Waals surface area contributed by atoms with Gasteiger partial charge in [-0.2, -0.15) is 0 Å². The molecule has 0 radical (unpaired) electrons. The van der Waals surface area contributed by atoms with Crippen molar-refractivity contribution in [3.05, 3.63) is 145 Å². The normalized spacial score (nSPS) is 32.8. The Labute approximate surface area is 286 Å². The largest absolute Gasteiger partial charge is 0.125 e. The van der Waals surface area contributed by atoms with Gasteiger partial charge in [0.15, 0.2) is 0 Å². The van der Waals surface area contributed by atoms with Gasteiger partial charge in [-0.3, -0.25) is 0 Å². The van der Waals surface area contributed by atoms with E-state index in [-0.39, 0.29) is 10.8 Å². The summed E-state index contributed by atoms with van der Waals surface area (Å²) in [5, 5.41) is 3.29. The maximum Gasteiger partial charge on any atom is 0.125 e. The number of benzene rings is 2. The van der Waals surface area contributed by atoms with Crippen molar-refractivity contribution in [2.75, 3.05) is 0 Å². The lowest BCUT2D eigenvalue weighted by atomic mass is 9.74. The monoisotopic (exact) mass is 636 g/mol. The van der Waals surface area contributed by atoms with Crippen LogP contribution in [0.5, 0.6) is 0 Å². The van der Waals surface area contributed by atoms with Gasteiger partial charge in [-0.25, -0.2) is 0 Å². The first-order chi connectivity index (χ1) is 22.5. The Morgan fingerprint density at radius 2 is 1.13 bits per heavy atom. The van der Waals surface area contributed by atoms with Crippen LogP contribution >= 0.6 is 0 Å². The summed E-state index contributed by atoms with van der Waals surface area (Å²) in [4.78, 5) is 0. The van der Waals surface area contributed by atoms with Crippen LogP contribution in [0, 0.1) is 52.3 Å². The fourth-order valence-electron chi connectivity index (χ4n) is 10.7. The number of rotatable bonds is 7. The van der Waals surface area contributed by atoms with E-state index >= 15 is 0 Å². The van der Waals surface area contributed by atoms with E-state index in [9.17, 15) is 0 Å². The molecule has 7 rings (SSSR count). The van der Waals surface area contributed by atoms with Crippen molar-refractivity contribution < 1.29 is 0 Å². The van der Waals surface area contributed by atoms with Gasteiger partial charge in [-0.05, 0) is 93.7 Å². The van der Waals surface area contributed by atoms with Crippen molar-refractivity contribution in [1.82, 2.24) is 0 Å². The van der Waals surface area contributed by atoms with E-state index in [0.717, 1.165) is 6.42 Å². The molecule has 244 valence electrons. The van der Waals surface area contributed by atoms with Gasteiger partial charge in [0.25, 0.3) is 0 Å². The summed E-state index contributed by atoms with van der Waals surface area (Å²) in [6, 6.07) is 24.1. The van der Waals surface area contributed by atoms with Gasteiger partial charge in [0.2, 0.25) is 0 Å². The van der Waals surface area contributed by atoms with E-state index in [0.29, 0.717) is 52.5 Å². The minimum absolute atomic E-state index is 0.122. The lowest BCUT2D eigenvalue weighted by Crippen LogP contribution is -2.67. The molecule has 5 aliphatic rings. The molecule has 5 aliphatic carbocycles. The first kappa shape index (κ1) is 32.4. The van der Waals surface area contributed by atoms with Gasteiger partial charge in [-0.15, -0.1) is 6.58 Å². The maximum absolute atomic E-state index is 4.15. The molecule has 0 N–H and O–H groups in total. The predicted octanol–water partition coefficient (Wildman–Crippen LogP) is 10.9. The number of fused-ring (bicyclic) bond motifs is 4. The smallest absolute Gasteiger partial charge is 0.103 e. The van der Waals surface area contributed by atoms with Crippen LogP contribution in [0.3, 0.4) is 0 Å². The van der Waals surface area contributed by atoms with Gasteiger partial charge in [0.1, 0.15) is 8.07 Å². The molecule has 0 bridgehead atoms. The second kappa shape index (κ2) is 12.4. The molecule has 0 amide bonds. The van der Waals surface area contributed by atoms with Gasteiger partial charge in [0.05, 0.1) is 0 Å². The Kier molecular flexibility index (Phi) is 8.53. The van der Waals surface area contributed by atoms with Crippen molar-refractivity contribution in [1.29, 1.82) is 0 Å². The van der Waals surface area contributed by atoms with Crippen LogP contribution < -0.4 is 10.4 Å². The summed E-state index contributed by atoms with van der Waals surface area (Å²) in [5.41, 5.74) is 4.45. The van der Waals surface area contributed by atoms with Crippen molar-refractivity contribution in [3.8, 4) is 0 Å². The third-order valence-corrected chi connectivity index (χ3v) is 19.0. The van der Waals surface area contributed by atoms with Crippen LogP contribution in [0.25, 0.3) is 0 Å². The lowest BCUT2D eigenvalue weighted by Gasteiger charge is -2.50. The predicted molar refractivity (Wildman–Crippen MR) is 206 cm³/mol. The summed E-state index contributed by atoms with van der Waals surface area (Å²) in [6.07, 6.45) is 31.6. The highest BCUT2D eigenvalue weighted by molar-refractivity contribution is 7.04. The van der Waals surface area contributed by atoms with Crippen LogP contribution in [-0.4, -0.2) is 8.07 Å². The molecular formula is C46H56Si. The standard InChI is InChI=1S/C46H56Si/c1-8-9-18-32-29-43(40-24-17-16-23-37(32)40)47(35-19-12-10-13-20-35,36-21-14-11-15-22-36)44-41-30-33(45(2,3)4)25-27-38(41)39-28-26-34(31-42(39)44)46(5,6)7/h8,10-17,19-28,30-32,37-44H,1,9,18,29H2,2-7H3. The minimum atomic E-state index is -2.53. The fraction of sp³-hybridized carbons (Fsp3) is 0.435. The molecule has 8 unspecified atom stereocenters. The van der Waals surface area contributed by atoms with E-state index in [4.69, 9.17) is 0 Å². The van der Waals surface area contributed by atoms with E-state index in [1.54, 1.807) is 10.4 Å². The third kappa shape index (κ3) is 5.51. The highest BCUT2D eigenvalue weighted by Crippen LogP contribution is 2.65. The molecule has 47 heavy (non-hydrogen) atoms. The van der Waals surface area contributed by atoms with Gasteiger partial charge < -0.3 is 0 Å². The van der Waals surface area contributed by atoms with Crippen LogP contribution in [-0.2, 0) is 0 Å². The molecule has 0 spiro atoms. The van der Waals surface area contributed by atoms with E-state index in [1.807, 2.05) is 0 Å². The van der Waals surface area contributed by atoms with Crippen LogP contribution in [0.4, 0.5) is 0 Å². The summed E-state index contributed by atoms with van der Waals surface area (Å²) >= 11 is 0. The molecule has 2 fully saturated rings.